The molecule has 0 saturated heterocycles. The second-order valence-corrected chi connectivity index (χ2v) is 4.66. The van der Waals surface area contributed by atoms with Gasteiger partial charge in [-0.25, -0.2) is 9.78 Å². The van der Waals surface area contributed by atoms with Crippen molar-refractivity contribution in [1.82, 2.24) is 9.55 Å². The number of aromatic carboxylic acids is 1. The summed E-state index contributed by atoms with van der Waals surface area (Å²) in [4.78, 5) is 26.7. The molecule has 1 amide bonds. The summed E-state index contributed by atoms with van der Waals surface area (Å²) in [5, 5.41) is 9.16. The number of carboxylic acid groups (broad SMARTS) is 1. The Kier molecular flexibility index (Phi) is 3.25. The molecule has 2 aromatic rings. The molecule has 19 heavy (non-hydrogen) atoms. The molecule has 0 aliphatic heterocycles. The van der Waals surface area contributed by atoms with Gasteiger partial charge in [0.15, 0.2) is 0 Å². The molecule has 0 bridgehead atoms. The Hall–Kier alpha value is -2.37. The normalized spacial score (nSPS) is 11.1. The van der Waals surface area contributed by atoms with Crippen molar-refractivity contribution in [1.29, 1.82) is 0 Å². The van der Waals surface area contributed by atoms with Gasteiger partial charge in [-0.2, -0.15) is 0 Å². The zero-order chi connectivity index (χ0) is 14.2. The maximum absolute atomic E-state index is 11.2. The first kappa shape index (κ1) is 13.1. The number of carbonyl (C=O) groups excluding carboxylic acids is 1. The Balaban J connectivity index is 2.76. The summed E-state index contributed by atoms with van der Waals surface area (Å²) in [6.07, 6.45) is 0. The van der Waals surface area contributed by atoms with E-state index < -0.39 is 11.9 Å². The number of benzene rings is 1. The average molecular weight is 261 g/mol. The molecule has 1 heterocycles. The predicted octanol–water partition coefficient (Wildman–Crippen LogP) is 1.34. The van der Waals surface area contributed by atoms with Crippen LogP contribution in [0.5, 0.6) is 0 Å². The van der Waals surface area contributed by atoms with E-state index in [4.69, 9.17) is 10.8 Å². The quantitative estimate of drug-likeness (QED) is 0.867. The van der Waals surface area contributed by atoms with Crippen molar-refractivity contribution in [2.45, 2.75) is 26.3 Å². The number of hydrogen-bond acceptors (Lipinski definition) is 3. The lowest BCUT2D eigenvalue weighted by atomic mass is 10.2. The predicted molar refractivity (Wildman–Crippen MR) is 70.0 cm³/mol. The molecule has 0 aliphatic rings. The fourth-order valence-electron chi connectivity index (χ4n) is 2.10. The maximum Gasteiger partial charge on any atom is 0.337 e. The molecular weight excluding hydrogens is 246 g/mol. The van der Waals surface area contributed by atoms with Crippen LogP contribution in [0.2, 0.25) is 0 Å². The number of aromatic nitrogens is 2. The van der Waals surface area contributed by atoms with Crippen LogP contribution in [0, 0.1) is 0 Å². The van der Waals surface area contributed by atoms with Crippen LogP contribution in [0.25, 0.3) is 11.0 Å². The highest BCUT2D eigenvalue weighted by Gasteiger charge is 2.19. The van der Waals surface area contributed by atoms with Gasteiger partial charge in [0.2, 0.25) is 5.91 Å². The number of primary amides is 1. The van der Waals surface area contributed by atoms with Crippen LogP contribution in [-0.2, 0) is 11.3 Å². The van der Waals surface area contributed by atoms with E-state index in [-0.39, 0.29) is 18.0 Å². The molecule has 0 spiro atoms. The van der Waals surface area contributed by atoms with Gasteiger partial charge in [-0.3, -0.25) is 4.79 Å². The lowest BCUT2D eigenvalue weighted by Crippen LogP contribution is -2.20. The molecule has 0 aliphatic carbocycles. The number of amides is 1. The van der Waals surface area contributed by atoms with E-state index in [0.717, 1.165) is 0 Å². The van der Waals surface area contributed by atoms with E-state index in [9.17, 15) is 9.59 Å². The van der Waals surface area contributed by atoms with E-state index in [2.05, 4.69) is 4.98 Å². The van der Waals surface area contributed by atoms with Gasteiger partial charge in [0.05, 0.1) is 11.1 Å². The highest BCUT2D eigenvalue weighted by Crippen LogP contribution is 2.24. The Morgan fingerprint density at radius 2 is 2.11 bits per heavy atom. The van der Waals surface area contributed by atoms with E-state index in [1.807, 2.05) is 13.8 Å². The number of fused-ring (bicyclic) bond motifs is 1. The van der Waals surface area contributed by atoms with Gasteiger partial charge < -0.3 is 15.4 Å². The summed E-state index contributed by atoms with van der Waals surface area (Å²) < 4.78 is 1.68. The van der Waals surface area contributed by atoms with Gasteiger partial charge in [-0.15, -0.1) is 0 Å². The molecule has 3 N–H and O–H groups in total. The Morgan fingerprint density at radius 3 is 2.63 bits per heavy atom. The maximum atomic E-state index is 11.2. The molecule has 0 unspecified atom stereocenters. The molecule has 100 valence electrons. The third kappa shape index (κ3) is 2.29. The van der Waals surface area contributed by atoms with E-state index >= 15 is 0 Å². The largest absolute Gasteiger partial charge is 0.478 e. The molecule has 6 nitrogen and oxygen atoms in total. The molecule has 0 atom stereocenters. The van der Waals surface area contributed by atoms with Crippen molar-refractivity contribution in [2.75, 3.05) is 0 Å². The fraction of sp³-hybridized carbons (Fsp3) is 0.308. The summed E-state index contributed by atoms with van der Waals surface area (Å²) in [5.74, 6) is -0.803. The SMILES string of the molecule is CC(C)c1nc2c(C(=O)O)cccc2n1CC(N)=O. The second kappa shape index (κ2) is 4.72. The Bertz CT molecular complexity index is 658. The van der Waals surface area contributed by atoms with Gasteiger partial charge in [0.25, 0.3) is 0 Å². The molecule has 1 aromatic heterocycles. The minimum absolute atomic E-state index is 0.00686. The first-order chi connectivity index (χ1) is 8.91. The zero-order valence-corrected chi connectivity index (χ0v) is 10.8. The van der Waals surface area contributed by atoms with Crippen LogP contribution < -0.4 is 5.73 Å². The first-order valence-corrected chi connectivity index (χ1v) is 5.92. The van der Waals surface area contributed by atoms with Crippen LogP contribution in [0.1, 0.15) is 35.9 Å². The van der Waals surface area contributed by atoms with Crippen molar-refractivity contribution < 1.29 is 14.7 Å². The van der Waals surface area contributed by atoms with Crippen molar-refractivity contribution >= 4 is 22.9 Å². The van der Waals surface area contributed by atoms with Gasteiger partial charge in [-0.05, 0) is 12.1 Å². The molecule has 0 radical (unpaired) electrons. The van der Waals surface area contributed by atoms with Crippen molar-refractivity contribution in [3.8, 4) is 0 Å². The molecule has 0 fully saturated rings. The van der Waals surface area contributed by atoms with E-state index in [1.54, 1.807) is 16.7 Å². The summed E-state index contributed by atoms with van der Waals surface area (Å²) >= 11 is 0. The minimum Gasteiger partial charge on any atom is -0.478 e. The van der Waals surface area contributed by atoms with E-state index in [1.165, 1.54) is 6.07 Å². The number of carboxylic acids is 1. The molecule has 6 heteroatoms. The summed E-state index contributed by atoms with van der Waals surface area (Å²) in [5.41, 5.74) is 6.37. The molecule has 2 rings (SSSR count). The summed E-state index contributed by atoms with van der Waals surface area (Å²) in [6.45, 7) is 3.85. The molecule has 0 saturated carbocycles. The monoisotopic (exact) mass is 261 g/mol. The highest BCUT2D eigenvalue weighted by molar-refractivity contribution is 6.01. The summed E-state index contributed by atoms with van der Waals surface area (Å²) in [7, 11) is 0. The number of nitrogens with zero attached hydrogens (tertiary/aromatic N) is 2. The number of rotatable bonds is 4. The zero-order valence-electron chi connectivity index (χ0n) is 10.8. The van der Waals surface area contributed by atoms with Crippen molar-refractivity contribution in [2.24, 2.45) is 5.73 Å². The lowest BCUT2D eigenvalue weighted by molar-refractivity contribution is -0.118. The van der Waals surface area contributed by atoms with Crippen LogP contribution in [-0.4, -0.2) is 26.5 Å². The number of imidazole rings is 1. The number of hydrogen-bond donors (Lipinski definition) is 2. The van der Waals surface area contributed by atoms with Crippen LogP contribution in [0.3, 0.4) is 0 Å². The van der Waals surface area contributed by atoms with Crippen LogP contribution in [0.4, 0.5) is 0 Å². The average Bonchev–Trinajstić information content (AvgIpc) is 2.67. The Morgan fingerprint density at radius 1 is 1.42 bits per heavy atom. The molecular formula is C13H15N3O3. The van der Waals surface area contributed by atoms with Crippen molar-refractivity contribution in [3.63, 3.8) is 0 Å². The van der Waals surface area contributed by atoms with E-state index in [0.29, 0.717) is 16.9 Å². The highest BCUT2D eigenvalue weighted by atomic mass is 16.4. The van der Waals surface area contributed by atoms with Crippen molar-refractivity contribution in [3.05, 3.63) is 29.6 Å². The van der Waals surface area contributed by atoms with Gasteiger partial charge >= 0.3 is 5.97 Å². The number of nitrogens with two attached hydrogens (primary N) is 1. The fourth-order valence-corrected chi connectivity index (χ4v) is 2.10. The third-order valence-electron chi connectivity index (χ3n) is 2.87. The third-order valence-corrected chi connectivity index (χ3v) is 2.87. The van der Waals surface area contributed by atoms with Crippen LogP contribution in [0.15, 0.2) is 18.2 Å². The van der Waals surface area contributed by atoms with Gasteiger partial charge in [0, 0.05) is 5.92 Å². The van der Waals surface area contributed by atoms with Gasteiger partial charge in [-0.1, -0.05) is 19.9 Å². The minimum atomic E-state index is -1.04. The Labute approximate surface area is 109 Å². The standard InChI is InChI=1S/C13H15N3O3/c1-7(2)12-15-11-8(13(18)19)4-3-5-9(11)16(12)6-10(14)17/h3-5,7H,6H2,1-2H3,(H2,14,17)(H,18,19). The first-order valence-electron chi connectivity index (χ1n) is 5.92. The number of carbonyl (C=O) groups is 2. The van der Waals surface area contributed by atoms with Crippen LogP contribution >= 0.6 is 0 Å². The second-order valence-electron chi connectivity index (χ2n) is 4.66. The number of para-hydroxylation sites is 1. The lowest BCUT2D eigenvalue weighted by Gasteiger charge is -2.08. The molecule has 1 aromatic carbocycles. The smallest absolute Gasteiger partial charge is 0.337 e. The summed E-state index contributed by atoms with van der Waals surface area (Å²) in [6, 6.07) is 4.87. The van der Waals surface area contributed by atoms with Gasteiger partial charge in [0.1, 0.15) is 17.9 Å². The topological polar surface area (TPSA) is 98.2 Å².